The SMILES string of the molecule is COc1ccc(-n2c(O)c(C(C)=NCCc3ccccc3)c(=O)[nH]c2=O)cc1. The Morgan fingerprint density at radius 1 is 1.11 bits per heavy atom. The average molecular weight is 379 g/mol. The van der Waals surface area contributed by atoms with Crippen LogP contribution in [-0.4, -0.2) is 34.0 Å². The van der Waals surface area contributed by atoms with Crippen LogP contribution in [0.15, 0.2) is 69.2 Å². The quantitative estimate of drug-likeness (QED) is 0.642. The zero-order chi connectivity index (χ0) is 20.1. The van der Waals surface area contributed by atoms with Crippen LogP contribution in [0.3, 0.4) is 0 Å². The van der Waals surface area contributed by atoms with Gasteiger partial charge in [0.15, 0.2) is 0 Å². The van der Waals surface area contributed by atoms with E-state index in [0.717, 1.165) is 10.1 Å². The highest BCUT2D eigenvalue weighted by Crippen LogP contribution is 2.19. The lowest BCUT2D eigenvalue weighted by molar-refractivity contribution is 0.414. The molecule has 144 valence electrons. The van der Waals surface area contributed by atoms with E-state index in [1.807, 2.05) is 30.3 Å². The molecule has 1 aromatic heterocycles. The van der Waals surface area contributed by atoms with Crippen molar-refractivity contribution < 1.29 is 9.84 Å². The summed E-state index contributed by atoms with van der Waals surface area (Å²) in [6.45, 7) is 2.09. The summed E-state index contributed by atoms with van der Waals surface area (Å²) in [5, 5.41) is 10.6. The molecular weight excluding hydrogens is 358 g/mol. The molecule has 0 aliphatic rings. The lowest BCUT2D eigenvalue weighted by Crippen LogP contribution is -2.32. The first-order valence-electron chi connectivity index (χ1n) is 8.79. The van der Waals surface area contributed by atoms with Gasteiger partial charge in [0, 0.05) is 12.3 Å². The van der Waals surface area contributed by atoms with Crippen molar-refractivity contribution in [2.75, 3.05) is 13.7 Å². The van der Waals surface area contributed by atoms with Gasteiger partial charge in [-0.2, -0.15) is 0 Å². The molecule has 0 aliphatic heterocycles. The second-order valence-corrected chi connectivity index (χ2v) is 6.19. The van der Waals surface area contributed by atoms with E-state index in [1.165, 1.54) is 7.11 Å². The number of benzene rings is 2. The molecule has 3 aromatic rings. The molecule has 0 saturated heterocycles. The van der Waals surface area contributed by atoms with Crippen LogP contribution in [0.4, 0.5) is 0 Å². The van der Waals surface area contributed by atoms with Gasteiger partial charge < -0.3 is 9.84 Å². The van der Waals surface area contributed by atoms with Gasteiger partial charge in [0.1, 0.15) is 11.3 Å². The smallest absolute Gasteiger partial charge is 0.335 e. The maximum atomic E-state index is 12.3. The second-order valence-electron chi connectivity index (χ2n) is 6.19. The Morgan fingerprint density at radius 3 is 2.43 bits per heavy atom. The second kappa shape index (κ2) is 8.39. The Morgan fingerprint density at radius 2 is 1.79 bits per heavy atom. The zero-order valence-electron chi connectivity index (χ0n) is 15.7. The van der Waals surface area contributed by atoms with Crippen LogP contribution in [0.25, 0.3) is 5.69 Å². The highest BCUT2D eigenvalue weighted by molar-refractivity contribution is 6.00. The van der Waals surface area contributed by atoms with Crippen LogP contribution in [0.2, 0.25) is 0 Å². The van der Waals surface area contributed by atoms with Gasteiger partial charge in [-0.15, -0.1) is 0 Å². The van der Waals surface area contributed by atoms with E-state index in [2.05, 4.69) is 9.98 Å². The number of aliphatic imine (C=N–C) groups is 1. The molecule has 0 amide bonds. The van der Waals surface area contributed by atoms with Crippen LogP contribution < -0.4 is 16.0 Å². The fourth-order valence-corrected chi connectivity index (χ4v) is 2.90. The fourth-order valence-electron chi connectivity index (χ4n) is 2.90. The van der Waals surface area contributed by atoms with Crippen LogP contribution in [0, 0.1) is 0 Å². The van der Waals surface area contributed by atoms with Crippen molar-refractivity contribution in [3.63, 3.8) is 0 Å². The molecule has 0 radical (unpaired) electrons. The van der Waals surface area contributed by atoms with E-state index < -0.39 is 17.1 Å². The first-order valence-corrected chi connectivity index (χ1v) is 8.79. The molecule has 28 heavy (non-hydrogen) atoms. The summed E-state index contributed by atoms with van der Waals surface area (Å²) in [4.78, 5) is 31.2. The van der Waals surface area contributed by atoms with Crippen molar-refractivity contribution in [1.82, 2.24) is 9.55 Å². The Kier molecular flexibility index (Phi) is 5.74. The Labute approximate surface area is 161 Å². The van der Waals surface area contributed by atoms with E-state index in [0.29, 0.717) is 30.1 Å². The van der Waals surface area contributed by atoms with Gasteiger partial charge in [-0.05, 0) is 43.2 Å². The zero-order valence-corrected chi connectivity index (χ0v) is 15.7. The van der Waals surface area contributed by atoms with Crippen LogP contribution in [0.5, 0.6) is 11.6 Å². The molecule has 0 aliphatic carbocycles. The van der Waals surface area contributed by atoms with E-state index in [4.69, 9.17) is 4.74 Å². The summed E-state index contributed by atoms with van der Waals surface area (Å²) in [5.74, 6) is 0.166. The Balaban J connectivity index is 1.95. The van der Waals surface area contributed by atoms with Crippen molar-refractivity contribution in [3.8, 4) is 17.3 Å². The highest BCUT2D eigenvalue weighted by Gasteiger charge is 2.17. The predicted octanol–water partition coefficient (Wildman–Crippen LogP) is 2.29. The minimum absolute atomic E-state index is 0.0246. The number of aromatic amines is 1. The lowest BCUT2D eigenvalue weighted by atomic mass is 10.1. The normalized spacial score (nSPS) is 11.4. The highest BCUT2D eigenvalue weighted by atomic mass is 16.5. The molecular formula is C21H21N3O4. The number of H-pyrrole nitrogens is 1. The number of hydrogen-bond acceptors (Lipinski definition) is 5. The standard InChI is InChI=1S/C21H21N3O4/c1-14(22-13-12-15-6-4-3-5-7-15)18-19(25)23-21(27)24(20(18)26)16-8-10-17(28-2)11-9-16/h3-11,26H,12-13H2,1-2H3,(H,23,25,27). The molecule has 7 nitrogen and oxygen atoms in total. The number of nitrogens with one attached hydrogen (secondary N) is 1. The van der Waals surface area contributed by atoms with E-state index >= 15 is 0 Å². The lowest BCUT2D eigenvalue weighted by Gasteiger charge is -2.12. The van der Waals surface area contributed by atoms with Gasteiger partial charge in [0.2, 0.25) is 5.88 Å². The topological polar surface area (TPSA) is 96.7 Å². The molecule has 2 aromatic carbocycles. The van der Waals surface area contributed by atoms with Crippen molar-refractivity contribution in [2.45, 2.75) is 13.3 Å². The first-order chi connectivity index (χ1) is 13.5. The Hall–Kier alpha value is -3.61. The minimum atomic E-state index is -0.728. The van der Waals surface area contributed by atoms with Crippen LogP contribution in [-0.2, 0) is 6.42 Å². The van der Waals surface area contributed by atoms with Crippen LogP contribution in [0.1, 0.15) is 18.1 Å². The monoisotopic (exact) mass is 379 g/mol. The van der Waals surface area contributed by atoms with Gasteiger partial charge in [-0.3, -0.25) is 14.8 Å². The number of rotatable bonds is 6. The summed E-state index contributed by atoms with van der Waals surface area (Å²) >= 11 is 0. The molecule has 0 spiro atoms. The number of aromatic hydroxyl groups is 1. The number of aromatic nitrogens is 2. The fraction of sp³-hybridized carbons (Fsp3) is 0.190. The molecule has 0 atom stereocenters. The third-order valence-corrected chi connectivity index (χ3v) is 4.37. The largest absolute Gasteiger partial charge is 0.497 e. The minimum Gasteiger partial charge on any atom is -0.497 e. The first kappa shape index (κ1) is 19.2. The molecule has 0 bridgehead atoms. The van der Waals surface area contributed by atoms with Crippen LogP contribution >= 0.6 is 0 Å². The van der Waals surface area contributed by atoms with E-state index in [9.17, 15) is 14.7 Å². The van der Waals surface area contributed by atoms with Crippen molar-refractivity contribution in [3.05, 3.63) is 86.6 Å². The summed E-state index contributed by atoms with van der Waals surface area (Å²) in [6.07, 6.45) is 0.703. The summed E-state index contributed by atoms with van der Waals surface area (Å²) in [6, 6.07) is 16.4. The van der Waals surface area contributed by atoms with Crippen molar-refractivity contribution >= 4 is 5.71 Å². The molecule has 7 heteroatoms. The molecule has 0 fully saturated rings. The Bertz CT molecular complexity index is 1100. The molecule has 1 heterocycles. The molecule has 0 unspecified atom stereocenters. The molecule has 0 saturated carbocycles. The maximum Gasteiger partial charge on any atom is 0.335 e. The van der Waals surface area contributed by atoms with Gasteiger partial charge in [0.25, 0.3) is 5.56 Å². The third-order valence-electron chi connectivity index (χ3n) is 4.37. The summed E-state index contributed by atoms with van der Waals surface area (Å²) in [7, 11) is 1.53. The predicted molar refractivity (Wildman–Crippen MR) is 108 cm³/mol. The number of nitrogens with zero attached hydrogens (tertiary/aromatic N) is 2. The van der Waals surface area contributed by atoms with Gasteiger partial charge in [-0.1, -0.05) is 30.3 Å². The van der Waals surface area contributed by atoms with Crippen molar-refractivity contribution in [1.29, 1.82) is 0 Å². The van der Waals surface area contributed by atoms with Gasteiger partial charge in [-0.25, -0.2) is 9.36 Å². The van der Waals surface area contributed by atoms with E-state index in [-0.39, 0.29) is 5.56 Å². The summed E-state index contributed by atoms with van der Waals surface area (Å²) in [5.41, 5.74) is 0.459. The molecule has 3 rings (SSSR count). The number of methoxy groups -OCH3 is 1. The maximum absolute atomic E-state index is 12.3. The van der Waals surface area contributed by atoms with Gasteiger partial charge >= 0.3 is 5.69 Å². The van der Waals surface area contributed by atoms with Crippen molar-refractivity contribution in [2.24, 2.45) is 4.99 Å². The van der Waals surface area contributed by atoms with E-state index in [1.54, 1.807) is 31.2 Å². The summed E-state index contributed by atoms with van der Waals surface area (Å²) < 4.78 is 6.13. The number of ether oxygens (including phenoxy) is 1. The third kappa shape index (κ3) is 4.03. The average Bonchev–Trinajstić information content (AvgIpc) is 2.69. The van der Waals surface area contributed by atoms with Gasteiger partial charge in [0.05, 0.1) is 12.8 Å². The number of hydrogen-bond donors (Lipinski definition) is 2. The molecule has 2 N–H and O–H groups in total.